The highest BCUT2D eigenvalue weighted by molar-refractivity contribution is 7.47. The number of phosphoric acid groups is 1. The number of nitrogens with one attached hydrogen (secondary N) is 11. The third-order valence-corrected chi connectivity index (χ3v) is 19.5. The second kappa shape index (κ2) is 59.3. The van der Waals surface area contributed by atoms with Crippen LogP contribution in [0, 0.1) is 0 Å². The minimum absolute atomic E-state index is 0.00212. The fourth-order valence-corrected chi connectivity index (χ4v) is 13.3. The number of hydrogen-bond acceptors (Lipinski definition) is 32. The molecule has 44 nitrogen and oxygen atoms in total. The van der Waals surface area contributed by atoms with Gasteiger partial charge in [0.05, 0.1) is 91.5 Å². The number of aliphatic hydroxyl groups is 9. The van der Waals surface area contributed by atoms with E-state index in [9.17, 15) is 108 Å². The molecule has 682 valence electrons. The molecule has 3 aliphatic heterocycles. The third-order valence-electron chi connectivity index (χ3n) is 18.2. The number of aliphatic hydroxyl groups excluding tert-OH is 9. The number of unbranched alkanes of at least 4 members (excludes halogenated alkanes) is 5. The Balaban J connectivity index is 1.57. The van der Waals surface area contributed by atoms with Crippen LogP contribution in [0.2, 0.25) is 0 Å². The van der Waals surface area contributed by atoms with Crippen molar-refractivity contribution in [3.63, 3.8) is 0 Å². The molecule has 16 unspecified atom stereocenters. The number of hydrogen-bond donors (Lipinski definition) is 21. The summed E-state index contributed by atoms with van der Waals surface area (Å²) in [5, 5.41) is 120. The van der Waals surface area contributed by atoms with Crippen molar-refractivity contribution in [1.82, 2.24) is 58.5 Å². The summed E-state index contributed by atoms with van der Waals surface area (Å²) >= 11 is 0. The Kier molecular flexibility index (Phi) is 53.2. The van der Waals surface area contributed by atoms with E-state index in [0.717, 1.165) is 0 Å². The second-order valence-corrected chi connectivity index (χ2v) is 30.8. The number of rotatable bonds is 62. The quantitative estimate of drug-likeness (QED) is 0.0199. The molecule has 0 aromatic rings. The summed E-state index contributed by atoms with van der Waals surface area (Å²) in [6, 6.07) is -5.77. The van der Waals surface area contributed by atoms with Gasteiger partial charge in [-0.15, -0.1) is 0 Å². The topological polar surface area (TPSA) is 641 Å². The summed E-state index contributed by atoms with van der Waals surface area (Å²) in [6.07, 6.45) is -12.5. The lowest BCUT2D eigenvalue weighted by Gasteiger charge is -2.42. The molecule has 0 aliphatic carbocycles. The summed E-state index contributed by atoms with van der Waals surface area (Å²) < 4.78 is 72.4. The number of carbonyl (C=O) groups is 11. The van der Waals surface area contributed by atoms with E-state index in [2.05, 4.69) is 58.5 Å². The van der Waals surface area contributed by atoms with Gasteiger partial charge in [0.15, 0.2) is 18.9 Å². The highest BCUT2D eigenvalue weighted by atomic mass is 31.2. The van der Waals surface area contributed by atoms with Crippen molar-refractivity contribution in [2.45, 2.75) is 273 Å². The molecular formula is C73H132N11O33P. The zero-order chi connectivity index (χ0) is 87.6. The van der Waals surface area contributed by atoms with Crippen LogP contribution in [-0.2, 0) is 109 Å². The number of ether oxygens (including phenoxy) is 9. The normalized spacial score (nSPS) is 24.2. The molecular weight excluding hydrogens is 1590 g/mol. The van der Waals surface area contributed by atoms with Crippen LogP contribution in [-0.4, -0.2) is 351 Å². The summed E-state index contributed by atoms with van der Waals surface area (Å²) in [7, 11) is -4.29. The van der Waals surface area contributed by atoms with E-state index in [4.69, 9.17) is 51.7 Å². The molecule has 3 saturated heterocycles. The van der Waals surface area contributed by atoms with Crippen LogP contribution in [0.25, 0.3) is 0 Å². The molecule has 0 bridgehead atoms. The molecule has 0 aromatic heterocycles. The monoisotopic (exact) mass is 1720 g/mol. The van der Waals surface area contributed by atoms with Crippen LogP contribution in [0.1, 0.15) is 164 Å². The van der Waals surface area contributed by atoms with Crippen LogP contribution < -0.4 is 58.5 Å². The lowest BCUT2D eigenvalue weighted by molar-refractivity contribution is -0.272. The van der Waals surface area contributed by atoms with Gasteiger partial charge in [0, 0.05) is 98.6 Å². The molecule has 118 heavy (non-hydrogen) atoms. The maximum absolute atomic E-state index is 14.4. The van der Waals surface area contributed by atoms with Gasteiger partial charge in [-0.05, 0) is 91.4 Å². The van der Waals surface area contributed by atoms with Gasteiger partial charge < -0.3 is 152 Å². The summed E-state index contributed by atoms with van der Waals surface area (Å²) in [5.41, 5.74) is -0.920. The third kappa shape index (κ3) is 44.9. The van der Waals surface area contributed by atoms with E-state index < -0.39 is 179 Å². The molecule has 18 atom stereocenters. The molecule has 0 spiro atoms. The first-order valence-corrected chi connectivity index (χ1v) is 41.8. The van der Waals surface area contributed by atoms with E-state index in [1.807, 2.05) is 0 Å². The average molecular weight is 1720 g/mol. The lowest BCUT2D eigenvalue weighted by Crippen LogP contribution is -2.64. The van der Waals surface area contributed by atoms with Crippen LogP contribution in [0.3, 0.4) is 0 Å². The predicted molar refractivity (Wildman–Crippen MR) is 413 cm³/mol. The Morgan fingerprint density at radius 1 is 0.364 bits per heavy atom. The number of amides is 11. The largest absolute Gasteiger partial charge is 0.472 e. The molecule has 11 amide bonds. The highest BCUT2D eigenvalue weighted by Gasteiger charge is 2.48. The fraction of sp³-hybridized carbons (Fsp3) is 0.849. The SMILES string of the molecule is CC(=O)NC1C(OCCOCCNC(=O)CCCC(=O)NCCCC[C@H](NC(=O)CCCC(=O)NCCOCCOC2OC(CO)C(O)C(O)C2NC(C)=O)C(=O)N[C@@H](CCCCNC(=O)CCCC(=O)NCCOCCOC2OC(CO)C(O)C(O)C2NC(C)=O)C(=O)NCCCCCCOP(=O)(O)OC(C)(C)C)OC(CO)C(O)C1O. The maximum atomic E-state index is 14.4. The summed E-state index contributed by atoms with van der Waals surface area (Å²) in [5.74, 6) is -5.23. The highest BCUT2D eigenvalue weighted by Crippen LogP contribution is 2.47. The van der Waals surface area contributed by atoms with E-state index >= 15 is 0 Å². The van der Waals surface area contributed by atoms with E-state index in [1.165, 1.54) is 20.8 Å². The van der Waals surface area contributed by atoms with Crippen molar-refractivity contribution >= 4 is 72.8 Å². The standard InChI is InChI=1S/C73H132N11O33P/c1-45(88)80-59-65(100)62(97)50(42-85)114-70(59)110-39-36-107-33-29-76-55(93)22-15-20-53(91)74-26-12-9-18-48(68(103)79-28-11-7-8-14-32-113-118(105,106)117-73(4,5)6)84-69(104)49(83-58(96)25-17-24-57(95)78-31-35-109-38-41-112-72-61(82-47(3)90)67(102)64(99)52(44-87)116-72)19-10-13-27-75-54(92)21-16-23-56(94)77-30-34-108-37-40-111-71-60(81-46(2)89)66(101)63(98)51(43-86)115-71/h48-52,59-67,70-72,85-87,97-102H,7-44H2,1-6H3,(H,74,91)(H,75,92)(H,76,93)(H,77,94)(H,78,95)(H,79,103)(H,80,88)(H,81,89)(H,82,90)(H,83,96)(H,84,104)(H,105,106)/t48-,49-,50?,51?,52?,59?,60?,61?,62?,63?,64?,65?,66?,67?,70?,71?,72?/m0/s1. The van der Waals surface area contributed by atoms with E-state index in [-0.39, 0.29) is 206 Å². The molecule has 3 rings (SSSR count). The Morgan fingerprint density at radius 3 is 1.02 bits per heavy atom. The van der Waals surface area contributed by atoms with Crippen LogP contribution >= 0.6 is 7.82 Å². The Morgan fingerprint density at radius 2 is 0.678 bits per heavy atom. The Bertz CT molecular complexity index is 3030. The predicted octanol–water partition coefficient (Wildman–Crippen LogP) is -6.07. The van der Waals surface area contributed by atoms with Gasteiger partial charge in [0.2, 0.25) is 65.0 Å². The minimum atomic E-state index is -4.29. The van der Waals surface area contributed by atoms with Crippen LogP contribution in [0.4, 0.5) is 0 Å². The van der Waals surface area contributed by atoms with Crippen LogP contribution in [0.5, 0.6) is 0 Å². The van der Waals surface area contributed by atoms with Crippen molar-refractivity contribution in [3.8, 4) is 0 Å². The maximum Gasteiger partial charge on any atom is 0.472 e. The molecule has 3 aliphatic rings. The smallest absolute Gasteiger partial charge is 0.394 e. The Hall–Kier alpha value is -6.44. The molecule has 0 radical (unpaired) electrons. The molecule has 3 fully saturated rings. The fourth-order valence-electron chi connectivity index (χ4n) is 12.2. The van der Waals surface area contributed by atoms with Gasteiger partial charge in [-0.3, -0.25) is 61.8 Å². The molecule has 21 N–H and O–H groups in total. The minimum Gasteiger partial charge on any atom is -0.394 e. The van der Waals surface area contributed by atoms with Gasteiger partial charge in [-0.2, -0.15) is 0 Å². The molecule has 3 heterocycles. The number of phosphoric ester groups is 1. The van der Waals surface area contributed by atoms with Crippen molar-refractivity contribution in [1.29, 1.82) is 0 Å². The molecule has 45 heteroatoms. The van der Waals surface area contributed by atoms with Crippen molar-refractivity contribution in [3.05, 3.63) is 0 Å². The zero-order valence-electron chi connectivity index (χ0n) is 68.5. The summed E-state index contributed by atoms with van der Waals surface area (Å²) in [6.45, 7) is 7.31. The van der Waals surface area contributed by atoms with Crippen molar-refractivity contribution < 1.29 is 160 Å². The lowest BCUT2D eigenvalue weighted by atomic mass is 9.97. The van der Waals surface area contributed by atoms with Gasteiger partial charge in [0.25, 0.3) is 0 Å². The number of carbonyl (C=O) groups excluding carboxylic acids is 11. The van der Waals surface area contributed by atoms with Crippen molar-refractivity contribution in [2.24, 2.45) is 0 Å². The summed E-state index contributed by atoms with van der Waals surface area (Å²) in [4.78, 5) is 151. The van der Waals surface area contributed by atoms with E-state index in [1.54, 1.807) is 20.8 Å². The van der Waals surface area contributed by atoms with Gasteiger partial charge in [0.1, 0.15) is 85.1 Å². The van der Waals surface area contributed by atoms with Gasteiger partial charge in [-0.25, -0.2) is 4.57 Å². The first kappa shape index (κ1) is 106. The van der Waals surface area contributed by atoms with Gasteiger partial charge >= 0.3 is 7.82 Å². The van der Waals surface area contributed by atoms with Crippen LogP contribution in [0.15, 0.2) is 0 Å². The van der Waals surface area contributed by atoms with Gasteiger partial charge in [-0.1, -0.05) is 12.8 Å². The average Bonchev–Trinajstić information content (AvgIpc) is 0.818. The van der Waals surface area contributed by atoms with Crippen molar-refractivity contribution in [2.75, 3.05) is 125 Å². The van der Waals surface area contributed by atoms with E-state index in [0.29, 0.717) is 44.9 Å². The zero-order valence-corrected chi connectivity index (χ0v) is 69.4. The molecule has 0 aromatic carbocycles. The first-order valence-electron chi connectivity index (χ1n) is 40.3. The second-order valence-electron chi connectivity index (χ2n) is 29.4. The Labute approximate surface area is 687 Å². The first-order chi connectivity index (χ1) is 56.1. The molecule has 0 saturated carbocycles.